The van der Waals surface area contributed by atoms with E-state index in [9.17, 15) is 14.4 Å². The van der Waals surface area contributed by atoms with Crippen molar-refractivity contribution in [2.24, 2.45) is 5.73 Å². The van der Waals surface area contributed by atoms with E-state index in [1.165, 1.54) is 20.0 Å². The summed E-state index contributed by atoms with van der Waals surface area (Å²) in [5, 5.41) is 2.83. The van der Waals surface area contributed by atoms with Crippen molar-refractivity contribution in [3.63, 3.8) is 0 Å². The summed E-state index contributed by atoms with van der Waals surface area (Å²) in [6, 6.07) is 3.36. The maximum absolute atomic E-state index is 12.5. The Morgan fingerprint density at radius 1 is 1.30 bits per heavy atom. The molecule has 0 unspecified atom stereocenters. The first-order valence-electron chi connectivity index (χ1n) is 8.54. The average molecular weight is 391 g/mol. The van der Waals surface area contributed by atoms with Gasteiger partial charge < -0.3 is 20.2 Å². The highest BCUT2D eigenvalue weighted by atomic mass is 32.1. The Labute approximate surface area is 160 Å². The lowest BCUT2D eigenvalue weighted by Crippen LogP contribution is -2.18. The van der Waals surface area contributed by atoms with E-state index >= 15 is 0 Å². The Bertz CT molecular complexity index is 880. The third kappa shape index (κ3) is 4.04. The first-order chi connectivity index (χ1) is 12.9. The summed E-state index contributed by atoms with van der Waals surface area (Å²) >= 11 is 0.937. The first kappa shape index (κ1) is 19.1. The minimum atomic E-state index is -0.672. The van der Waals surface area contributed by atoms with Gasteiger partial charge in [-0.1, -0.05) is 0 Å². The number of likely N-dealkylation sites (tertiary alicyclic amines) is 1. The molecule has 0 bridgehead atoms. The predicted octanol–water partition coefficient (Wildman–Crippen LogP) is 2.38. The van der Waals surface area contributed by atoms with Crippen molar-refractivity contribution < 1.29 is 23.5 Å². The van der Waals surface area contributed by atoms with Gasteiger partial charge >= 0.3 is 5.97 Å². The topological polar surface area (TPSA) is 115 Å². The Kier molecular flexibility index (Phi) is 5.62. The maximum atomic E-state index is 12.5. The van der Waals surface area contributed by atoms with Crippen LogP contribution in [0.1, 0.15) is 54.7 Å². The van der Waals surface area contributed by atoms with E-state index in [0.717, 1.165) is 24.4 Å². The Morgan fingerprint density at radius 2 is 2.00 bits per heavy atom. The molecule has 1 fully saturated rings. The number of primary amides is 1. The summed E-state index contributed by atoms with van der Waals surface area (Å²) in [6.07, 6.45) is 2.34. The molecule has 9 heteroatoms. The molecule has 0 spiro atoms. The van der Waals surface area contributed by atoms with Crippen LogP contribution in [-0.2, 0) is 11.3 Å². The number of anilines is 1. The van der Waals surface area contributed by atoms with Crippen LogP contribution in [0.3, 0.4) is 0 Å². The number of hydrogen-bond acceptors (Lipinski definition) is 7. The van der Waals surface area contributed by atoms with Crippen LogP contribution in [0.4, 0.5) is 5.00 Å². The molecule has 0 atom stereocenters. The number of rotatable bonds is 6. The van der Waals surface area contributed by atoms with Gasteiger partial charge in [-0.25, -0.2) is 4.79 Å². The van der Waals surface area contributed by atoms with Crippen LogP contribution in [-0.4, -0.2) is 42.9 Å². The minimum Gasteiger partial charge on any atom is -0.465 e. The number of esters is 1. The van der Waals surface area contributed by atoms with E-state index in [2.05, 4.69) is 10.2 Å². The third-order valence-electron chi connectivity index (χ3n) is 4.45. The Balaban J connectivity index is 1.79. The van der Waals surface area contributed by atoms with Crippen molar-refractivity contribution in [1.82, 2.24) is 4.90 Å². The fourth-order valence-corrected chi connectivity index (χ4v) is 4.14. The van der Waals surface area contributed by atoms with Crippen LogP contribution in [0, 0.1) is 6.92 Å². The van der Waals surface area contributed by atoms with Gasteiger partial charge in [0.05, 0.1) is 24.1 Å². The molecular formula is C18H21N3O5S. The number of methoxy groups -OCH3 is 1. The molecule has 2 amide bonds. The number of amides is 2. The van der Waals surface area contributed by atoms with Gasteiger partial charge in [0.25, 0.3) is 11.8 Å². The molecule has 0 radical (unpaired) electrons. The van der Waals surface area contributed by atoms with Crippen molar-refractivity contribution in [1.29, 1.82) is 0 Å². The van der Waals surface area contributed by atoms with Crippen LogP contribution in [0.2, 0.25) is 0 Å². The molecule has 1 aliphatic heterocycles. The van der Waals surface area contributed by atoms with Crippen molar-refractivity contribution in [3.8, 4) is 0 Å². The van der Waals surface area contributed by atoms with E-state index in [-0.39, 0.29) is 21.2 Å². The van der Waals surface area contributed by atoms with E-state index < -0.39 is 17.8 Å². The minimum absolute atomic E-state index is 0.119. The Morgan fingerprint density at radius 3 is 2.63 bits per heavy atom. The molecule has 144 valence electrons. The molecule has 3 heterocycles. The highest BCUT2D eigenvalue weighted by Crippen LogP contribution is 2.33. The van der Waals surface area contributed by atoms with E-state index in [4.69, 9.17) is 14.9 Å². The van der Waals surface area contributed by atoms with Crippen LogP contribution < -0.4 is 11.1 Å². The number of nitrogens with zero attached hydrogens (tertiary/aromatic N) is 1. The summed E-state index contributed by atoms with van der Waals surface area (Å²) in [4.78, 5) is 38.6. The van der Waals surface area contributed by atoms with Crippen molar-refractivity contribution >= 4 is 34.1 Å². The van der Waals surface area contributed by atoms with Crippen molar-refractivity contribution in [2.45, 2.75) is 26.3 Å². The van der Waals surface area contributed by atoms with Gasteiger partial charge in [-0.15, -0.1) is 11.3 Å². The fourth-order valence-electron chi connectivity index (χ4n) is 3.10. The van der Waals surface area contributed by atoms with Gasteiger partial charge in [-0.3, -0.25) is 14.5 Å². The zero-order valence-corrected chi connectivity index (χ0v) is 16.0. The lowest BCUT2D eigenvalue weighted by Gasteiger charge is -2.11. The smallest absolute Gasteiger partial charge is 0.341 e. The number of hydrogen-bond donors (Lipinski definition) is 2. The molecule has 3 N–H and O–H groups in total. The summed E-state index contributed by atoms with van der Waals surface area (Å²) in [5.41, 5.74) is 5.84. The lowest BCUT2D eigenvalue weighted by molar-refractivity contribution is 0.0601. The monoisotopic (exact) mass is 391 g/mol. The zero-order chi connectivity index (χ0) is 19.6. The van der Waals surface area contributed by atoms with Gasteiger partial charge in [0.15, 0.2) is 5.76 Å². The normalized spacial score (nSPS) is 14.3. The molecule has 27 heavy (non-hydrogen) atoms. The maximum Gasteiger partial charge on any atom is 0.341 e. The highest BCUT2D eigenvalue weighted by Gasteiger charge is 2.26. The molecule has 8 nitrogen and oxygen atoms in total. The molecule has 2 aromatic rings. The highest BCUT2D eigenvalue weighted by molar-refractivity contribution is 7.18. The number of carbonyl (C=O) groups excluding carboxylic acids is 3. The number of thiophene rings is 1. The second-order valence-corrected chi connectivity index (χ2v) is 7.34. The second-order valence-electron chi connectivity index (χ2n) is 6.32. The van der Waals surface area contributed by atoms with Crippen LogP contribution >= 0.6 is 11.3 Å². The molecule has 3 rings (SSSR count). The fraction of sp³-hybridized carbons (Fsp3) is 0.389. The molecule has 1 saturated heterocycles. The number of nitrogens with one attached hydrogen (secondary N) is 1. The zero-order valence-electron chi connectivity index (χ0n) is 15.2. The van der Waals surface area contributed by atoms with E-state index in [1.54, 1.807) is 19.1 Å². The molecule has 1 aliphatic rings. The summed E-state index contributed by atoms with van der Waals surface area (Å²) in [7, 11) is 1.23. The SMILES string of the molecule is COC(=O)c1c(NC(=O)c2ccc(CN3CCCC3)o2)sc(C(N)=O)c1C. The predicted molar refractivity (Wildman–Crippen MR) is 100 cm³/mol. The molecule has 0 saturated carbocycles. The van der Waals surface area contributed by atoms with Gasteiger partial charge in [-0.2, -0.15) is 0 Å². The molecule has 0 aromatic carbocycles. The number of nitrogens with two attached hydrogens (primary N) is 1. The van der Waals surface area contributed by atoms with Gasteiger partial charge in [-0.05, 0) is 50.6 Å². The number of furan rings is 1. The first-order valence-corrected chi connectivity index (χ1v) is 9.36. The average Bonchev–Trinajstić information content (AvgIpc) is 3.36. The third-order valence-corrected chi connectivity index (χ3v) is 5.67. The molecule has 0 aliphatic carbocycles. The summed E-state index contributed by atoms with van der Waals surface area (Å²) in [6.45, 7) is 4.29. The van der Waals surface area contributed by atoms with Crippen LogP contribution in [0.5, 0.6) is 0 Å². The molecular weight excluding hydrogens is 370 g/mol. The number of ether oxygens (including phenoxy) is 1. The van der Waals surface area contributed by atoms with Crippen molar-refractivity contribution in [3.05, 3.63) is 39.7 Å². The van der Waals surface area contributed by atoms with Crippen molar-refractivity contribution in [2.75, 3.05) is 25.5 Å². The van der Waals surface area contributed by atoms with E-state index in [0.29, 0.717) is 17.9 Å². The van der Waals surface area contributed by atoms with E-state index in [1.807, 2.05) is 0 Å². The van der Waals surface area contributed by atoms with Gasteiger partial charge in [0, 0.05) is 0 Å². The quantitative estimate of drug-likeness (QED) is 0.731. The van der Waals surface area contributed by atoms with Gasteiger partial charge in [0.2, 0.25) is 0 Å². The Hall–Kier alpha value is -2.65. The summed E-state index contributed by atoms with van der Waals surface area (Å²) < 4.78 is 10.4. The second kappa shape index (κ2) is 7.93. The number of carbonyl (C=O) groups is 3. The standard InChI is InChI=1S/C18H21N3O5S/c1-10-13(18(24)25-2)17(27-14(10)15(19)22)20-16(23)12-6-5-11(26-12)9-21-7-3-4-8-21/h5-6H,3-4,7-9H2,1-2H3,(H2,19,22)(H,20,23). The van der Waals surface area contributed by atoms with Crippen LogP contribution in [0.25, 0.3) is 0 Å². The van der Waals surface area contributed by atoms with Gasteiger partial charge in [0.1, 0.15) is 10.8 Å². The lowest BCUT2D eigenvalue weighted by atomic mass is 10.1. The largest absolute Gasteiger partial charge is 0.465 e. The summed E-state index contributed by atoms with van der Waals surface area (Å²) in [5.74, 6) is -0.998. The van der Waals surface area contributed by atoms with Crippen LogP contribution in [0.15, 0.2) is 16.5 Å². The molecule has 2 aromatic heterocycles.